The van der Waals surface area contributed by atoms with Crippen molar-refractivity contribution in [2.45, 2.75) is 19.3 Å². The van der Waals surface area contributed by atoms with Gasteiger partial charge in [-0.2, -0.15) is 0 Å². The minimum Gasteiger partial charge on any atom is -0.309 e. The zero-order valence-electron chi connectivity index (χ0n) is 32.3. The molecule has 11 rings (SSSR count). The highest BCUT2D eigenvalue weighted by atomic mass is 15.0. The summed E-state index contributed by atoms with van der Waals surface area (Å²) in [5.41, 5.74) is 16.1. The summed E-state index contributed by atoms with van der Waals surface area (Å²) < 4.78 is 2.40. The number of rotatable bonds is 6. The van der Waals surface area contributed by atoms with Crippen molar-refractivity contribution in [3.63, 3.8) is 0 Å². The van der Waals surface area contributed by atoms with Crippen molar-refractivity contribution in [1.82, 2.24) is 19.5 Å². The van der Waals surface area contributed by atoms with E-state index in [1.807, 2.05) is 24.3 Å². The fraction of sp³-hybridized carbons (Fsp3) is 0.0556. The lowest BCUT2D eigenvalue weighted by Gasteiger charge is -2.22. The second-order valence-electron chi connectivity index (χ2n) is 15.7. The Morgan fingerprint density at radius 2 is 0.862 bits per heavy atom. The quantitative estimate of drug-likeness (QED) is 0.170. The number of para-hydroxylation sites is 1. The molecular formula is C54H38N4. The summed E-state index contributed by atoms with van der Waals surface area (Å²) >= 11 is 0. The zero-order chi connectivity index (χ0) is 38.8. The molecule has 0 unspecified atom stereocenters. The Balaban J connectivity index is 1.05. The molecule has 2 heterocycles. The largest absolute Gasteiger partial charge is 0.309 e. The van der Waals surface area contributed by atoms with Gasteiger partial charge in [-0.3, -0.25) is 0 Å². The van der Waals surface area contributed by atoms with Gasteiger partial charge >= 0.3 is 0 Å². The molecular weight excluding hydrogens is 705 g/mol. The van der Waals surface area contributed by atoms with Crippen molar-refractivity contribution in [3.8, 4) is 73.2 Å². The lowest BCUT2D eigenvalue weighted by atomic mass is 9.82. The normalized spacial score (nSPS) is 12.8. The van der Waals surface area contributed by atoms with Crippen molar-refractivity contribution in [1.29, 1.82) is 0 Å². The molecule has 1 aliphatic carbocycles. The van der Waals surface area contributed by atoms with Gasteiger partial charge in [0.2, 0.25) is 0 Å². The number of nitrogens with zero attached hydrogens (tertiary/aromatic N) is 4. The molecule has 0 atom stereocenters. The monoisotopic (exact) mass is 742 g/mol. The van der Waals surface area contributed by atoms with E-state index in [0.717, 1.165) is 44.5 Å². The molecule has 0 spiro atoms. The van der Waals surface area contributed by atoms with E-state index in [-0.39, 0.29) is 5.41 Å². The highest BCUT2D eigenvalue weighted by Gasteiger charge is 2.35. The van der Waals surface area contributed by atoms with Crippen molar-refractivity contribution in [2.75, 3.05) is 0 Å². The highest BCUT2D eigenvalue weighted by Crippen LogP contribution is 2.49. The summed E-state index contributed by atoms with van der Waals surface area (Å²) in [6, 6.07) is 69.0. The van der Waals surface area contributed by atoms with Gasteiger partial charge in [0.05, 0.1) is 11.0 Å². The standard InChI is InChI=1S/C54H38N4/c1-54(2)47-22-11-9-20-43(47)44-31-29-42(34-48(44)54)58-49-23-12-10-21-45(49)46-30-28-41(33-50(46)58)53-56-51(38-16-7-4-8-17-38)55-52(57-53)40-19-13-18-39(32-40)37-26-24-36(25-27-37)35-14-5-3-6-15-35/h3-34H,1-2H3. The molecule has 2 aromatic heterocycles. The Kier molecular flexibility index (Phi) is 7.80. The molecule has 1 aliphatic rings. The molecule has 0 N–H and O–H groups in total. The van der Waals surface area contributed by atoms with Gasteiger partial charge in [0.1, 0.15) is 0 Å². The van der Waals surface area contributed by atoms with E-state index < -0.39 is 0 Å². The first-order valence-electron chi connectivity index (χ1n) is 19.9. The molecule has 274 valence electrons. The summed E-state index contributed by atoms with van der Waals surface area (Å²) in [6.07, 6.45) is 0. The van der Waals surface area contributed by atoms with Crippen LogP contribution in [0.5, 0.6) is 0 Å². The maximum atomic E-state index is 5.21. The fourth-order valence-electron chi connectivity index (χ4n) is 8.89. The summed E-state index contributed by atoms with van der Waals surface area (Å²) in [4.78, 5) is 15.4. The molecule has 0 saturated carbocycles. The molecule has 58 heavy (non-hydrogen) atoms. The molecule has 0 saturated heterocycles. The van der Waals surface area contributed by atoms with Gasteiger partial charge in [-0.25, -0.2) is 15.0 Å². The van der Waals surface area contributed by atoms with E-state index in [9.17, 15) is 0 Å². The third-order valence-corrected chi connectivity index (χ3v) is 11.9. The predicted octanol–water partition coefficient (Wildman–Crippen LogP) is 13.6. The molecule has 0 amide bonds. The Morgan fingerprint density at radius 3 is 1.62 bits per heavy atom. The number of aromatic nitrogens is 4. The smallest absolute Gasteiger partial charge is 0.164 e. The summed E-state index contributed by atoms with van der Waals surface area (Å²) in [5, 5.41) is 2.40. The third-order valence-electron chi connectivity index (χ3n) is 11.9. The average molecular weight is 743 g/mol. The third kappa shape index (κ3) is 5.56. The van der Waals surface area contributed by atoms with Crippen LogP contribution in [-0.4, -0.2) is 19.5 Å². The number of benzene rings is 8. The second-order valence-corrected chi connectivity index (χ2v) is 15.7. The van der Waals surface area contributed by atoms with Crippen molar-refractivity contribution >= 4 is 21.8 Å². The first-order chi connectivity index (χ1) is 28.5. The molecule has 0 fully saturated rings. The van der Waals surface area contributed by atoms with Crippen molar-refractivity contribution in [2.24, 2.45) is 0 Å². The van der Waals surface area contributed by atoms with Crippen LogP contribution in [0.4, 0.5) is 0 Å². The van der Waals surface area contributed by atoms with E-state index in [4.69, 9.17) is 15.0 Å². The van der Waals surface area contributed by atoms with Gasteiger partial charge in [0.25, 0.3) is 0 Å². The van der Waals surface area contributed by atoms with Crippen LogP contribution in [-0.2, 0) is 5.41 Å². The number of hydrogen-bond acceptors (Lipinski definition) is 3. The van der Waals surface area contributed by atoms with Gasteiger partial charge in [-0.1, -0.05) is 178 Å². The predicted molar refractivity (Wildman–Crippen MR) is 239 cm³/mol. The maximum absolute atomic E-state index is 5.21. The first kappa shape index (κ1) is 33.9. The van der Waals surface area contributed by atoms with E-state index in [1.54, 1.807) is 0 Å². The van der Waals surface area contributed by atoms with Gasteiger partial charge in [-0.15, -0.1) is 0 Å². The molecule has 8 aromatic carbocycles. The van der Waals surface area contributed by atoms with E-state index >= 15 is 0 Å². The SMILES string of the molecule is CC1(C)c2ccccc2-c2ccc(-n3c4ccccc4c4ccc(-c5nc(-c6ccccc6)nc(-c6cccc(-c7ccc(-c8ccccc8)cc7)c6)n5)cc43)cc21. The Labute approximate surface area is 337 Å². The van der Waals surface area contributed by atoms with E-state index in [1.165, 1.54) is 44.2 Å². The molecule has 4 heteroatoms. The lowest BCUT2D eigenvalue weighted by molar-refractivity contribution is 0.660. The topological polar surface area (TPSA) is 43.6 Å². The van der Waals surface area contributed by atoms with Crippen LogP contribution in [0.1, 0.15) is 25.0 Å². The van der Waals surface area contributed by atoms with Crippen LogP contribution in [0, 0.1) is 0 Å². The maximum Gasteiger partial charge on any atom is 0.164 e. The first-order valence-corrected chi connectivity index (χ1v) is 19.9. The van der Waals surface area contributed by atoms with Crippen LogP contribution in [0.15, 0.2) is 194 Å². The van der Waals surface area contributed by atoms with Crippen LogP contribution in [0.25, 0.3) is 95.0 Å². The van der Waals surface area contributed by atoms with Gasteiger partial charge in [0.15, 0.2) is 17.5 Å². The van der Waals surface area contributed by atoms with Crippen LogP contribution >= 0.6 is 0 Å². The molecule has 0 aliphatic heterocycles. The Hall–Kier alpha value is -7.43. The fourth-order valence-corrected chi connectivity index (χ4v) is 8.89. The minimum atomic E-state index is -0.107. The van der Waals surface area contributed by atoms with Crippen LogP contribution in [0.2, 0.25) is 0 Å². The summed E-state index contributed by atoms with van der Waals surface area (Å²) in [5.74, 6) is 1.90. The average Bonchev–Trinajstić information content (AvgIpc) is 3.74. The van der Waals surface area contributed by atoms with Crippen molar-refractivity contribution < 1.29 is 0 Å². The number of fused-ring (bicyclic) bond motifs is 6. The van der Waals surface area contributed by atoms with Crippen molar-refractivity contribution in [3.05, 3.63) is 205 Å². The molecule has 4 nitrogen and oxygen atoms in total. The van der Waals surface area contributed by atoms with E-state index in [2.05, 4.69) is 188 Å². The van der Waals surface area contributed by atoms with Crippen LogP contribution < -0.4 is 0 Å². The minimum absolute atomic E-state index is 0.107. The Morgan fingerprint density at radius 1 is 0.345 bits per heavy atom. The van der Waals surface area contributed by atoms with Gasteiger partial charge in [0, 0.05) is 38.6 Å². The number of hydrogen-bond donors (Lipinski definition) is 0. The highest BCUT2D eigenvalue weighted by molar-refractivity contribution is 6.10. The molecule has 10 aromatic rings. The molecule has 0 radical (unpaired) electrons. The van der Waals surface area contributed by atoms with E-state index in [0.29, 0.717) is 17.5 Å². The Bertz CT molecular complexity index is 3180. The molecule has 0 bridgehead atoms. The second kappa shape index (κ2) is 13.4. The van der Waals surface area contributed by atoms with Crippen LogP contribution in [0.3, 0.4) is 0 Å². The van der Waals surface area contributed by atoms with Gasteiger partial charge in [-0.05, 0) is 74.8 Å². The summed E-state index contributed by atoms with van der Waals surface area (Å²) in [7, 11) is 0. The summed E-state index contributed by atoms with van der Waals surface area (Å²) in [6.45, 7) is 4.68. The lowest BCUT2D eigenvalue weighted by Crippen LogP contribution is -2.15. The zero-order valence-corrected chi connectivity index (χ0v) is 32.3. The van der Waals surface area contributed by atoms with Gasteiger partial charge < -0.3 is 4.57 Å².